The van der Waals surface area contributed by atoms with Gasteiger partial charge in [0.2, 0.25) is 11.8 Å². The third-order valence-electron chi connectivity index (χ3n) is 3.48. The first-order valence-corrected chi connectivity index (χ1v) is 6.96. The number of carbonyl (C=O) groups is 2. The van der Waals surface area contributed by atoms with Gasteiger partial charge in [0.25, 0.3) is 0 Å². The monoisotopic (exact) mass is 311 g/mol. The first-order chi connectivity index (χ1) is 9.56. The molecule has 6 heteroatoms. The molecule has 1 aliphatic rings. The third-order valence-corrected chi connectivity index (χ3v) is 3.48. The van der Waals surface area contributed by atoms with Crippen molar-refractivity contribution in [1.29, 1.82) is 0 Å². The van der Waals surface area contributed by atoms with Crippen LogP contribution in [0.3, 0.4) is 0 Å². The van der Waals surface area contributed by atoms with Gasteiger partial charge in [0.05, 0.1) is 5.92 Å². The van der Waals surface area contributed by atoms with Gasteiger partial charge in [-0.05, 0) is 44.0 Å². The topological polar surface area (TPSA) is 70.2 Å². The molecule has 0 aromatic heterocycles. The van der Waals surface area contributed by atoms with E-state index in [1.54, 1.807) is 6.07 Å². The van der Waals surface area contributed by atoms with Crippen molar-refractivity contribution in [1.82, 2.24) is 5.32 Å². The van der Waals surface area contributed by atoms with Crippen molar-refractivity contribution < 1.29 is 9.59 Å². The van der Waals surface area contributed by atoms with Crippen LogP contribution in [0.15, 0.2) is 18.2 Å². The van der Waals surface area contributed by atoms with Crippen molar-refractivity contribution >= 4 is 35.6 Å². The number of piperidine rings is 1. The minimum atomic E-state index is -0.118. The van der Waals surface area contributed by atoms with Crippen molar-refractivity contribution in [2.75, 3.05) is 23.7 Å². The molecule has 5 nitrogen and oxygen atoms in total. The predicted octanol–water partition coefficient (Wildman–Crippen LogP) is 2.31. The Labute approximate surface area is 131 Å². The highest BCUT2D eigenvalue weighted by molar-refractivity contribution is 5.95. The molecule has 2 rings (SSSR count). The molecule has 116 valence electrons. The lowest BCUT2D eigenvalue weighted by molar-refractivity contribution is -0.120. The van der Waals surface area contributed by atoms with Crippen molar-refractivity contribution in [3.63, 3.8) is 0 Å². The number of hydrogen-bond acceptors (Lipinski definition) is 3. The standard InChI is InChI=1S/C15H21N3O2.ClH/c1-10-5-6-13(8-14(10)17-11(2)19)18-15(20)12-4-3-7-16-9-12;/h5-6,8,12,16H,3-4,7,9H2,1-2H3,(H,17,19)(H,18,20);1H. The maximum atomic E-state index is 12.1. The van der Waals surface area contributed by atoms with Crippen LogP contribution in [0.5, 0.6) is 0 Å². The second-order valence-corrected chi connectivity index (χ2v) is 5.24. The number of halogens is 1. The van der Waals surface area contributed by atoms with Crippen LogP contribution in [0.4, 0.5) is 11.4 Å². The normalized spacial score (nSPS) is 17.5. The summed E-state index contributed by atoms with van der Waals surface area (Å²) in [5, 5.41) is 8.92. The van der Waals surface area contributed by atoms with E-state index in [0.29, 0.717) is 0 Å². The number of anilines is 2. The van der Waals surface area contributed by atoms with Crippen molar-refractivity contribution in [2.45, 2.75) is 26.7 Å². The first-order valence-electron chi connectivity index (χ1n) is 6.96. The quantitative estimate of drug-likeness (QED) is 0.802. The van der Waals surface area contributed by atoms with Crippen molar-refractivity contribution in [3.05, 3.63) is 23.8 Å². The van der Waals surface area contributed by atoms with Crippen LogP contribution in [0, 0.1) is 12.8 Å². The van der Waals surface area contributed by atoms with E-state index in [1.165, 1.54) is 6.92 Å². The first kappa shape index (κ1) is 17.5. The second kappa shape index (κ2) is 8.00. The molecule has 1 saturated heterocycles. The van der Waals surface area contributed by atoms with Crippen LogP contribution in [0.25, 0.3) is 0 Å². The molecule has 21 heavy (non-hydrogen) atoms. The maximum Gasteiger partial charge on any atom is 0.228 e. The summed E-state index contributed by atoms with van der Waals surface area (Å²) in [5.41, 5.74) is 2.42. The number of amides is 2. The lowest BCUT2D eigenvalue weighted by Crippen LogP contribution is -2.37. The van der Waals surface area contributed by atoms with E-state index in [1.807, 2.05) is 19.1 Å². The Balaban J connectivity index is 0.00000220. The zero-order chi connectivity index (χ0) is 14.5. The van der Waals surface area contributed by atoms with Gasteiger partial charge in [-0.25, -0.2) is 0 Å². The fraction of sp³-hybridized carbons (Fsp3) is 0.467. The summed E-state index contributed by atoms with van der Waals surface area (Å²) in [6.07, 6.45) is 1.95. The van der Waals surface area contributed by atoms with E-state index in [2.05, 4.69) is 16.0 Å². The highest BCUT2D eigenvalue weighted by Crippen LogP contribution is 2.21. The summed E-state index contributed by atoms with van der Waals surface area (Å²) in [7, 11) is 0. The van der Waals surface area contributed by atoms with Crippen LogP contribution in [0.1, 0.15) is 25.3 Å². The van der Waals surface area contributed by atoms with Crippen LogP contribution < -0.4 is 16.0 Å². The van der Waals surface area contributed by atoms with Crippen LogP contribution >= 0.6 is 12.4 Å². The Morgan fingerprint density at radius 3 is 2.67 bits per heavy atom. The number of benzene rings is 1. The molecule has 0 bridgehead atoms. The van der Waals surface area contributed by atoms with E-state index in [9.17, 15) is 9.59 Å². The zero-order valence-electron chi connectivity index (χ0n) is 12.4. The Morgan fingerprint density at radius 2 is 2.05 bits per heavy atom. The molecule has 1 aliphatic heterocycles. The Kier molecular flexibility index (Phi) is 6.65. The molecular formula is C15H22ClN3O2. The fourth-order valence-electron chi connectivity index (χ4n) is 2.34. The minimum absolute atomic E-state index is 0. The number of carbonyl (C=O) groups excluding carboxylic acids is 2. The number of aryl methyl sites for hydroxylation is 1. The summed E-state index contributed by atoms with van der Waals surface area (Å²) in [5.74, 6) is -0.0582. The number of rotatable bonds is 3. The van der Waals surface area contributed by atoms with Crippen LogP contribution in [0.2, 0.25) is 0 Å². The van der Waals surface area contributed by atoms with Crippen molar-refractivity contribution in [2.24, 2.45) is 5.92 Å². The van der Waals surface area contributed by atoms with Gasteiger partial charge in [0.15, 0.2) is 0 Å². The molecule has 1 atom stereocenters. The maximum absolute atomic E-state index is 12.1. The lowest BCUT2D eigenvalue weighted by atomic mass is 9.98. The van der Waals surface area contributed by atoms with Gasteiger partial charge < -0.3 is 16.0 Å². The molecule has 0 aliphatic carbocycles. The number of nitrogens with one attached hydrogen (secondary N) is 3. The largest absolute Gasteiger partial charge is 0.326 e. The predicted molar refractivity (Wildman–Crippen MR) is 87.0 cm³/mol. The Bertz CT molecular complexity index is 514. The minimum Gasteiger partial charge on any atom is -0.326 e. The molecule has 1 fully saturated rings. The van der Waals surface area contributed by atoms with E-state index in [4.69, 9.17) is 0 Å². The van der Waals surface area contributed by atoms with E-state index in [0.717, 1.165) is 42.9 Å². The van der Waals surface area contributed by atoms with Gasteiger partial charge in [-0.1, -0.05) is 6.07 Å². The fourth-order valence-corrected chi connectivity index (χ4v) is 2.34. The molecule has 1 heterocycles. The summed E-state index contributed by atoms with van der Waals surface area (Å²) >= 11 is 0. The molecular weight excluding hydrogens is 290 g/mol. The summed E-state index contributed by atoms with van der Waals surface area (Å²) < 4.78 is 0. The Morgan fingerprint density at radius 1 is 1.29 bits per heavy atom. The summed E-state index contributed by atoms with van der Waals surface area (Å²) in [6.45, 7) is 5.11. The van der Waals surface area contributed by atoms with E-state index < -0.39 is 0 Å². The van der Waals surface area contributed by atoms with Crippen LogP contribution in [-0.4, -0.2) is 24.9 Å². The highest BCUT2D eigenvalue weighted by Gasteiger charge is 2.20. The van der Waals surface area contributed by atoms with E-state index in [-0.39, 0.29) is 30.1 Å². The molecule has 1 aromatic rings. The SMILES string of the molecule is CC(=O)Nc1cc(NC(=O)C2CCCNC2)ccc1C.Cl. The summed E-state index contributed by atoms with van der Waals surface area (Å²) in [6, 6.07) is 5.54. The molecule has 1 unspecified atom stereocenters. The Hall–Kier alpha value is -1.59. The van der Waals surface area contributed by atoms with Gasteiger partial charge in [0.1, 0.15) is 0 Å². The number of hydrogen-bond donors (Lipinski definition) is 3. The molecule has 0 spiro atoms. The average molecular weight is 312 g/mol. The smallest absolute Gasteiger partial charge is 0.228 e. The second-order valence-electron chi connectivity index (χ2n) is 5.24. The van der Waals surface area contributed by atoms with Gasteiger partial charge in [0, 0.05) is 24.8 Å². The molecule has 3 N–H and O–H groups in total. The van der Waals surface area contributed by atoms with Gasteiger partial charge in [-0.2, -0.15) is 0 Å². The summed E-state index contributed by atoms with van der Waals surface area (Å²) in [4.78, 5) is 23.3. The van der Waals surface area contributed by atoms with Crippen LogP contribution in [-0.2, 0) is 9.59 Å². The van der Waals surface area contributed by atoms with Gasteiger partial charge in [-0.3, -0.25) is 9.59 Å². The molecule has 0 saturated carbocycles. The molecule has 1 aromatic carbocycles. The molecule has 0 radical (unpaired) electrons. The van der Waals surface area contributed by atoms with Gasteiger partial charge in [-0.15, -0.1) is 12.4 Å². The van der Waals surface area contributed by atoms with Crippen molar-refractivity contribution in [3.8, 4) is 0 Å². The lowest BCUT2D eigenvalue weighted by Gasteiger charge is -2.22. The van der Waals surface area contributed by atoms with E-state index >= 15 is 0 Å². The third kappa shape index (κ3) is 5.02. The zero-order valence-corrected chi connectivity index (χ0v) is 13.2. The highest BCUT2D eigenvalue weighted by atomic mass is 35.5. The molecule has 2 amide bonds. The average Bonchev–Trinajstić information content (AvgIpc) is 2.43. The van der Waals surface area contributed by atoms with Gasteiger partial charge >= 0.3 is 0 Å².